The van der Waals surface area contributed by atoms with Crippen molar-refractivity contribution in [1.29, 1.82) is 0 Å². The van der Waals surface area contributed by atoms with Crippen LogP contribution in [0.2, 0.25) is 5.02 Å². The molecule has 0 bridgehead atoms. The SMILES string of the molecule is NC1CCCCC1Nc1ncncc1Cl. The molecule has 0 amide bonds. The molecule has 1 aliphatic carbocycles. The molecule has 1 heterocycles. The van der Waals surface area contributed by atoms with Crippen molar-refractivity contribution in [1.82, 2.24) is 9.97 Å². The summed E-state index contributed by atoms with van der Waals surface area (Å²) in [6.45, 7) is 0. The Labute approximate surface area is 94.2 Å². The highest BCUT2D eigenvalue weighted by Crippen LogP contribution is 2.23. The predicted octanol–water partition coefficient (Wildman–Crippen LogP) is 1.81. The van der Waals surface area contributed by atoms with Gasteiger partial charge in [-0.3, -0.25) is 0 Å². The van der Waals surface area contributed by atoms with Crippen LogP contribution < -0.4 is 11.1 Å². The molecular weight excluding hydrogens is 212 g/mol. The van der Waals surface area contributed by atoms with E-state index in [2.05, 4.69) is 15.3 Å². The summed E-state index contributed by atoms with van der Waals surface area (Å²) in [7, 11) is 0. The van der Waals surface area contributed by atoms with Crippen LogP contribution in [0.5, 0.6) is 0 Å². The monoisotopic (exact) mass is 226 g/mol. The molecule has 2 rings (SSSR count). The third-order valence-electron chi connectivity index (χ3n) is 2.81. The number of rotatable bonds is 2. The van der Waals surface area contributed by atoms with Crippen LogP contribution in [0.3, 0.4) is 0 Å². The summed E-state index contributed by atoms with van der Waals surface area (Å²) in [5.41, 5.74) is 6.03. The van der Waals surface area contributed by atoms with Crippen molar-refractivity contribution in [2.45, 2.75) is 37.8 Å². The second-order valence-electron chi connectivity index (χ2n) is 3.92. The fourth-order valence-electron chi connectivity index (χ4n) is 1.93. The molecule has 3 N–H and O–H groups in total. The van der Waals surface area contributed by atoms with Crippen LogP contribution in [0.15, 0.2) is 12.5 Å². The highest BCUT2D eigenvalue weighted by atomic mass is 35.5. The highest BCUT2D eigenvalue weighted by Gasteiger charge is 2.22. The van der Waals surface area contributed by atoms with Gasteiger partial charge < -0.3 is 11.1 Å². The number of nitrogens with zero attached hydrogens (tertiary/aromatic N) is 2. The number of nitrogens with one attached hydrogen (secondary N) is 1. The fraction of sp³-hybridized carbons (Fsp3) is 0.600. The lowest BCUT2D eigenvalue weighted by atomic mass is 9.91. The average molecular weight is 227 g/mol. The molecule has 0 radical (unpaired) electrons. The van der Waals surface area contributed by atoms with Crippen LogP contribution in [-0.2, 0) is 0 Å². The zero-order chi connectivity index (χ0) is 10.7. The zero-order valence-corrected chi connectivity index (χ0v) is 9.24. The molecule has 2 atom stereocenters. The van der Waals surface area contributed by atoms with Gasteiger partial charge in [-0.25, -0.2) is 9.97 Å². The van der Waals surface area contributed by atoms with Gasteiger partial charge in [-0.05, 0) is 12.8 Å². The van der Waals surface area contributed by atoms with Crippen LogP contribution in [0.4, 0.5) is 5.82 Å². The van der Waals surface area contributed by atoms with Crippen molar-refractivity contribution in [2.24, 2.45) is 5.73 Å². The zero-order valence-electron chi connectivity index (χ0n) is 8.49. The minimum absolute atomic E-state index is 0.199. The van der Waals surface area contributed by atoms with E-state index < -0.39 is 0 Å². The Kier molecular flexibility index (Phi) is 3.38. The van der Waals surface area contributed by atoms with Crippen molar-refractivity contribution >= 4 is 17.4 Å². The topological polar surface area (TPSA) is 63.8 Å². The molecule has 1 aliphatic rings. The van der Waals surface area contributed by atoms with Crippen LogP contribution >= 0.6 is 11.6 Å². The highest BCUT2D eigenvalue weighted by molar-refractivity contribution is 6.32. The van der Waals surface area contributed by atoms with Gasteiger partial charge in [0, 0.05) is 12.1 Å². The molecule has 0 aromatic carbocycles. The molecule has 1 aromatic heterocycles. The number of nitrogens with two attached hydrogens (primary N) is 1. The van der Waals surface area contributed by atoms with Crippen molar-refractivity contribution in [2.75, 3.05) is 5.32 Å². The van der Waals surface area contributed by atoms with E-state index in [1.165, 1.54) is 19.2 Å². The van der Waals surface area contributed by atoms with Crippen LogP contribution in [0, 0.1) is 0 Å². The summed E-state index contributed by atoms with van der Waals surface area (Å²) in [5.74, 6) is 0.689. The van der Waals surface area contributed by atoms with E-state index in [0.717, 1.165) is 12.8 Å². The first kappa shape index (κ1) is 10.6. The Morgan fingerprint density at radius 2 is 2.20 bits per heavy atom. The fourth-order valence-corrected chi connectivity index (χ4v) is 2.09. The van der Waals surface area contributed by atoms with Crippen LogP contribution in [0.1, 0.15) is 25.7 Å². The van der Waals surface area contributed by atoms with E-state index in [4.69, 9.17) is 17.3 Å². The summed E-state index contributed by atoms with van der Waals surface area (Å²) in [6.07, 6.45) is 7.67. The van der Waals surface area contributed by atoms with E-state index in [-0.39, 0.29) is 12.1 Å². The first-order valence-corrected chi connectivity index (χ1v) is 5.63. The standard InChI is InChI=1S/C10H15ClN4/c11-7-5-13-6-14-10(7)15-9-4-2-1-3-8(9)12/h5-6,8-9H,1-4,12H2,(H,13,14,15). The molecule has 0 saturated heterocycles. The maximum atomic E-state index is 6.03. The molecule has 82 valence electrons. The molecule has 0 spiro atoms. The Morgan fingerprint density at radius 1 is 1.40 bits per heavy atom. The van der Waals surface area contributed by atoms with Gasteiger partial charge in [-0.2, -0.15) is 0 Å². The minimum atomic E-state index is 0.199. The summed E-state index contributed by atoms with van der Waals surface area (Å²) in [4.78, 5) is 7.94. The smallest absolute Gasteiger partial charge is 0.148 e. The van der Waals surface area contributed by atoms with Crippen LogP contribution in [-0.4, -0.2) is 22.1 Å². The molecule has 5 heteroatoms. The van der Waals surface area contributed by atoms with Crippen molar-refractivity contribution in [3.63, 3.8) is 0 Å². The largest absolute Gasteiger partial charge is 0.364 e. The van der Waals surface area contributed by atoms with Gasteiger partial charge in [-0.15, -0.1) is 0 Å². The van der Waals surface area contributed by atoms with Gasteiger partial charge >= 0.3 is 0 Å². The second kappa shape index (κ2) is 4.77. The van der Waals surface area contributed by atoms with E-state index in [1.54, 1.807) is 6.20 Å². The number of aromatic nitrogens is 2. The number of anilines is 1. The van der Waals surface area contributed by atoms with Crippen molar-refractivity contribution in [3.8, 4) is 0 Å². The normalized spacial score (nSPS) is 26.3. The Hall–Kier alpha value is -0.870. The molecule has 4 nitrogen and oxygen atoms in total. The lowest BCUT2D eigenvalue weighted by Gasteiger charge is -2.29. The average Bonchev–Trinajstić information content (AvgIpc) is 2.24. The van der Waals surface area contributed by atoms with E-state index in [1.807, 2.05) is 0 Å². The first-order valence-electron chi connectivity index (χ1n) is 5.25. The Morgan fingerprint density at radius 3 is 2.93 bits per heavy atom. The van der Waals surface area contributed by atoms with E-state index in [0.29, 0.717) is 10.8 Å². The lowest BCUT2D eigenvalue weighted by molar-refractivity contribution is 0.403. The maximum Gasteiger partial charge on any atom is 0.148 e. The number of hydrogen-bond donors (Lipinski definition) is 2. The third kappa shape index (κ3) is 2.58. The van der Waals surface area contributed by atoms with Crippen molar-refractivity contribution < 1.29 is 0 Å². The van der Waals surface area contributed by atoms with Crippen molar-refractivity contribution in [3.05, 3.63) is 17.5 Å². The molecule has 1 saturated carbocycles. The second-order valence-corrected chi connectivity index (χ2v) is 4.33. The predicted molar refractivity (Wildman–Crippen MR) is 60.9 cm³/mol. The van der Waals surface area contributed by atoms with Crippen LogP contribution in [0.25, 0.3) is 0 Å². The quantitative estimate of drug-likeness (QED) is 0.808. The summed E-state index contributed by atoms with van der Waals surface area (Å²) in [6, 6.07) is 0.482. The lowest BCUT2D eigenvalue weighted by Crippen LogP contribution is -2.42. The first-order chi connectivity index (χ1) is 7.27. The summed E-state index contributed by atoms with van der Waals surface area (Å²) in [5, 5.41) is 3.84. The van der Waals surface area contributed by atoms with Gasteiger partial charge in [-0.1, -0.05) is 24.4 Å². The van der Waals surface area contributed by atoms with Gasteiger partial charge in [0.1, 0.15) is 17.2 Å². The molecular formula is C10H15ClN4. The number of halogens is 1. The minimum Gasteiger partial charge on any atom is -0.364 e. The summed E-state index contributed by atoms with van der Waals surface area (Å²) >= 11 is 5.96. The molecule has 15 heavy (non-hydrogen) atoms. The maximum absolute atomic E-state index is 6.03. The molecule has 2 unspecified atom stereocenters. The molecule has 1 fully saturated rings. The van der Waals surface area contributed by atoms with E-state index >= 15 is 0 Å². The van der Waals surface area contributed by atoms with Gasteiger partial charge in [0.2, 0.25) is 0 Å². The Bertz CT molecular complexity index is 331. The third-order valence-corrected chi connectivity index (χ3v) is 3.09. The summed E-state index contributed by atoms with van der Waals surface area (Å²) < 4.78 is 0. The van der Waals surface area contributed by atoms with Gasteiger partial charge in [0.05, 0.1) is 6.20 Å². The van der Waals surface area contributed by atoms with Gasteiger partial charge in [0.15, 0.2) is 0 Å². The van der Waals surface area contributed by atoms with Gasteiger partial charge in [0.25, 0.3) is 0 Å². The van der Waals surface area contributed by atoms with E-state index in [9.17, 15) is 0 Å². The molecule has 1 aromatic rings. The number of hydrogen-bond acceptors (Lipinski definition) is 4. The molecule has 0 aliphatic heterocycles. The Balaban J connectivity index is 2.04.